The average molecular weight is 862 g/mol. The van der Waals surface area contributed by atoms with Crippen molar-refractivity contribution in [3.63, 3.8) is 0 Å². The third kappa shape index (κ3) is 18.6. The van der Waals surface area contributed by atoms with Gasteiger partial charge in [0, 0.05) is 117 Å². The molecule has 1 heterocycles. The van der Waals surface area contributed by atoms with Gasteiger partial charge in [-0.1, -0.05) is 88.1 Å². The number of fused-ring (bicyclic) bond motifs is 4. The molecule has 1 aliphatic rings. The number of nitrogens with zero attached hydrogens (tertiary/aromatic N) is 6. The van der Waals surface area contributed by atoms with Crippen LogP contribution in [0.1, 0.15) is 81.8 Å². The van der Waals surface area contributed by atoms with E-state index in [9.17, 15) is 0 Å². The Morgan fingerprint density at radius 1 is 0.462 bits per heavy atom. The fourth-order valence-electron chi connectivity index (χ4n) is 5.91. The zero-order chi connectivity index (χ0) is 38.0. The molecular weight excluding hydrogens is 791 g/mol. The minimum absolute atomic E-state index is 0. The van der Waals surface area contributed by atoms with Gasteiger partial charge in [-0.2, -0.15) is 9.79 Å². The minimum Gasteiger partial charge on any atom is -0.779 e. The van der Waals surface area contributed by atoms with E-state index in [1.54, 1.807) is 0 Å². The molecule has 2 aromatic rings. The van der Waals surface area contributed by atoms with Gasteiger partial charge in [0.25, 0.3) is 0 Å². The third-order valence-corrected chi connectivity index (χ3v) is 10.5. The molecule has 2 aromatic carbocycles. The van der Waals surface area contributed by atoms with Crippen LogP contribution in [0.25, 0.3) is 0 Å². The van der Waals surface area contributed by atoms with E-state index in [-0.39, 0.29) is 49.8 Å². The van der Waals surface area contributed by atoms with Gasteiger partial charge in [-0.3, -0.25) is 0 Å². The summed E-state index contributed by atoms with van der Waals surface area (Å²) in [6.45, 7) is 26.6. The smallest absolute Gasteiger partial charge is 0.148 e. The monoisotopic (exact) mass is 858 g/mol. The molecule has 0 saturated heterocycles. The Kier molecular flexibility index (Phi) is 23.7. The van der Waals surface area contributed by atoms with Crippen molar-refractivity contribution >= 4 is 25.3 Å². The van der Waals surface area contributed by atoms with Gasteiger partial charge in [0.1, 0.15) is 6.29 Å². The Bertz CT molecular complexity index is 1160. The second-order valence-electron chi connectivity index (χ2n) is 16.9. The van der Waals surface area contributed by atoms with E-state index in [4.69, 9.17) is 35.5 Å². The van der Waals surface area contributed by atoms with Crippen molar-refractivity contribution in [3.8, 4) is 0 Å². The number of hydrogen-bond acceptors (Lipinski definition) is 10. The zero-order valence-electron chi connectivity index (χ0n) is 35.2. The molecule has 0 saturated carbocycles. The molecule has 4 bridgehead atoms. The van der Waals surface area contributed by atoms with E-state index in [2.05, 4.69) is 137 Å². The van der Waals surface area contributed by atoms with Gasteiger partial charge in [-0.05, 0) is 71.2 Å². The predicted octanol–water partition coefficient (Wildman–Crippen LogP) is 4.71. The van der Waals surface area contributed by atoms with Crippen LogP contribution in [0.3, 0.4) is 0 Å². The van der Waals surface area contributed by atoms with Crippen molar-refractivity contribution in [2.24, 2.45) is 0 Å². The first-order valence-corrected chi connectivity index (χ1v) is 19.0. The fourth-order valence-corrected chi connectivity index (χ4v) is 6.41. The van der Waals surface area contributed by atoms with Crippen LogP contribution in [0.15, 0.2) is 34.1 Å². The molecule has 2 N–H and O–H groups in total. The Balaban J connectivity index is 0.00000411. The third-order valence-electron chi connectivity index (χ3n) is 9.43. The van der Waals surface area contributed by atoms with Gasteiger partial charge in [0.15, 0.2) is 0 Å². The van der Waals surface area contributed by atoms with Crippen LogP contribution in [0.4, 0.5) is 0 Å². The van der Waals surface area contributed by atoms with Crippen molar-refractivity contribution in [1.29, 1.82) is 0 Å². The topological polar surface area (TPSA) is 59.9 Å². The molecule has 0 aliphatic carbocycles. The number of rotatable bonds is 0. The maximum Gasteiger partial charge on any atom is 0.148 e. The summed E-state index contributed by atoms with van der Waals surface area (Å²) in [5, 5.41) is 15.2. The Morgan fingerprint density at radius 2 is 0.635 bits per heavy atom. The molecule has 0 aromatic heterocycles. The van der Waals surface area contributed by atoms with Crippen LogP contribution in [-0.2, 0) is 101 Å². The summed E-state index contributed by atoms with van der Waals surface area (Å²) >= 11 is 12.3. The summed E-state index contributed by atoms with van der Waals surface area (Å²) in [7, 11) is 13.4. The van der Waals surface area contributed by atoms with E-state index in [0.29, 0.717) is 0 Å². The molecule has 0 unspecified atom stereocenters. The summed E-state index contributed by atoms with van der Waals surface area (Å²) < 4.78 is 0. The van der Waals surface area contributed by atoms with Crippen molar-refractivity contribution in [1.82, 2.24) is 29.4 Å². The van der Waals surface area contributed by atoms with Crippen LogP contribution >= 0.6 is 0 Å². The molecule has 12 heteroatoms. The van der Waals surface area contributed by atoms with Crippen molar-refractivity contribution in [3.05, 3.63) is 57.6 Å². The zero-order valence-corrected chi connectivity index (χ0v) is 42.7. The summed E-state index contributed by atoms with van der Waals surface area (Å²) in [5.41, 5.74) is 8.01. The average Bonchev–Trinajstić information content (AvgIpc) is 2.99. The number of aliphatic hydroxyl groups excluding tert-OH is 1. The molecule has 0 amide bonds. The molecule has 0 fully saturated rings. The van der Waals surface area contributed by atoms with E-state index in [0.717, 1.165) is 88.3 Å². The number of hydrogen-bond donors (Lipinski definition) is 2. The Hall–Kier alpha value is -0.193. The maximum absolute atomic E-state index is 7.61. The molecule has 0 radical (unpaired) electrons. The normalized spacial score (nSPS) is 18.5. The van der Waals surface area contributed by atoms with Gasteiger partial charge in [0.2, 0.25) is 0 Å². The Labute approximate surface area is 355 Å². The van der Waals surface area contributed by atoms with Crippen molar-refractivity contribution in [2.45, 2.75) is 102 Å². The van der Waals surface area contributed by atoms with Crippen LogP contribution in [0.5, 0.6) is 0 Å². The van der Waals surface area contributed by atoms with Gasteiger partial charge in [-0.15, -0.1) is 0 Å². The van der Waals surface area contributed by atoms with Gasteiger partial charge >= 0.3 is 0 Å². The number of benzene rings is 2. The van der Waals surface area contributed by atoms with E-state index in [1.165, 1.54) is 40.3 Å². The van der Waals surface area contributed by atoms with Crippen molar-refractivity contribution < 1.29 is 49.2 Å². The van der Waals surface area contributed by atoms with Gasteiger partial charge < -0.3 is 64.9 Å². The minimum atomic E-state index is -1.17. The molecule has 3 rings (SSSR count). The van der Waals surface area contributed by atoms with Crippen LogP contribution < -0.4 is 0 Å². The number of likely N-dealkylation sites (N-methyl/N-ethyl adjacent to an activating group) is 6. The molecule has 0 atom stereocenters. The molecule has 0 spiro atoms. The second kappa shape index (κ2) is 23.8. The summed E-state index contributed by atoms with van der Waals surface area (Å²) in [6.07, 6.45) is -1.17. The molecule has 8 nitrogen and oxygen atoms in total. The predicted molar refractivity (Wildman–Crippen MR) is 216 cm³/mol. The maximum atomic E-state index is 7.61. The van der Waals surface area contributed by atoms with E-state index < -0.39 is 6.29 Å². The van der Waals surface area contributed by atoms with Gasteiger partial charge in [0.05, 0.1) is 0 Å². The first kappa shape index (κ1) is 51.8. The molecule has 52 heavy (non-hydrogen) atoms. The fraction of sp³-hybridized carbons (Fsp3) is 0.700. The molecule has 1 aliphatic heterocycles. The Morgan fingerprint density at radius 3 is 0.808 bits per heavy atom. The largest absolute Gasteiger partial charge is 0.779 e. The van der Waals surface area contributed by atoms with E-state index >= 15 is 0 Å². The quantitative estimate of drug-likeness (QED) is 0.222. The first-order valence-electron chi connectivity index (χ1n) is 18.2. The SMILES string of the molecule is CC(O)O.CN1CCN(C)Cc2cc(C(C)(C)C)cc(c2[S-])CN(C)CCN(C)CCN(C)Cc2cc(C(C)(C)C)cc(c2[S-])CN(C)CC1.[Zn].[Zn]. The summed E-state index contributed by atoms with van der Waals surface area (Å²) in [5.74, 6) is 0. The van der Waals surface area contributed by atoms with Crippen LogP contribution in [-0.4, -0.2) is 141 Å². The summed E-state index contributed by atoms with van der Waals surface area (Å²) in [6, 6.07) is 9.46. The van der Waals surface area contributed by atoms with Crippen LogP contribution in [0.2, 0.25) is 0 Å². The molecule has 290 valence electrons. The first-order chi connectivity index (χ1) is 23.1. The molecular formula is C40H70N6O2S2Zn2-2. The second-order valence-corrected chi connectivity index (χ2v) is 17.8. The van der Waals surface area contributed by atoms with Crippen molar-refractivity contribution in [2.75, 3.05) is 94.6 Å². The van der Waals surface area contributed by atoms with Crippen LogP contribution in [0, 0.1) is 0 Å². The summed E-state index contributed by atoms with van der Waals surface area (Å²) in [4.78, 5) is 16.7. The number of aliphatic hydroxyl groups is 2. The van der Waals surface area contributed by atoms with Gasteiger partial charge in [-0.25, -0.2) is 0 Å². The standard InChI is InChI=1S/C38H66N6S2.C2H6O2.2Zn/c1-37(2,3)33-21-29-25-41(9)17-13-39(7)15-19-43(11)27-31-23-34(38(4,5)6)24-32(36(31)46)28-44(12)20-16-40(8)14-18-42(10)26-30(22-33)35(29)45;1-2(3)4;;/h21-24,45-46H,13-20,25-28H2,1-12H3;2-4H,1H3;;/p-2. The van der Waals surface area contributed by atoms with E-state index in [1.807, 2.05) is 0 Å².